The number of thioether (sulfide) groups is 1. The van der Waals surface area contributed by atoms with Crippen molar-refractivity contribution in [3.63, 3.8) is 0 Å². The zero-order valence-electron chi connectivity index (χ0n) is 16.2. The van der Waals surface area contributed by atoms with Crippen molar-refractivity contribution in [3.05, 3.63) is 39.3 Å². The Hall–Kier alpha value is -1.22. The molecule has 1 aliphatic heterocycles. The molecule has 1 spiro atoms. The molecule has 2 aliphatic carbocycles. The van der Waals surface area contributed by atoms with Crippen LogP contribution >= 0.6 is 11.8 Å². The predicted octanol–water partition coefficient (Wildman–Crippen LogP) is 5.87. The molecule has 2 unspecified atom stereocenters. The quantitative estimate of drug-likeness (QED) is 0.704. The summed E-state index contributed by atoms with van der Waals surface area (Å²) in [4.78, 5) is 14.1. The summed E-state index contributed by atoms with van der Waals surface area (Å²) in [6, 6.07) is 4.04. The Labute approximate surface area is 161 Å². The van der Waals surface area contributed by atoms with Gasteiger partial charge < -0.3 is 5.11 Å². The van der Waals surface area contributed by atoms with Gasteiger partial charge in [-0.2, -0.15) is 0 Å². The fourth-order valence-corrected chi connectivity index (χ4v) is 6.56. The van der Waals surface area contributed by atoms with Crippen LogP contribution in [0.5, 0.6) is 5.75 Å². The lowest BCUT2D eigenvalue weighted by Gasteiger charge is -2.31. The van der Waals surface area contributed by atoms with E-state index in [4.69, 9.17) is 0 Å². The average molecular weight is 371 g/mol. The minimum atomic E-state index is 0.348. The van der Waals surface area contributed by atoms with Crippen LogP contribution in [0.3, 0.4) is 0 Å². The molecule has 140 valence electrons. The molecule has 1 aromatic rings. The number of aryl methyl sites for hydroxylation is 3. The van der Waals surface area contributed by atoms with Gasteiger partial charge in [0, 0.05) is 11.7 Å². The molecule has 3 heteroatoms. The highest BCUT2D eigenvalue weighted by molar-refractivity contribution is 8.04. The Kier molecular flexibility index (Phi) is 4.71. The number of Topliss-reactive ketones (excluding diaryl/α,β-unsaturated/α-hetero) is 1. The summed E-state index contributed by atoms with van der Waals surface area (Å²) in [5.41, 5.74) is 5.11. The van der Waals surface area contributed by atoms with Crippen molar-refractivity contribution in [2.24, 2.45) is 11.3 Å². The zero-order valence-corrected chi connectivity index (χ0v) is 17.0. The number of hydrogen-bond donors (Lipinski definition) is 1. The third-order valence-corrected chi connectivity index (χ3v) is 8.53. The van der Waals surface area contributed by atoms with Crippen molar-refractivity contribution in [2.45, 2.75) is 77.4 Å². The van der Waals surface area contributed by atoms with E-state index in [-0.39, 0.29) is 0 Å². The Bertz CT molecular complexity index is 749. The van der Waals surface area contributed by atoms with Gasteiger partial charge in [-0.3, -0.25) is 4.79 Å². The summed E-state index contributed by atoms with van der Waals surface area (Å²) in [6.07, 6.45) is 9.16. The standard InChI is InChI=1S/C23H30O2S/c1-4-20-18-13-23(9-10-23)8-7-17(18)22(26-20)19(24)6-5-16-11-14(2)21(25)15(3)12-16/h11-12,18,20,25H,4-10,13H2,1-3H3. The van der Waals surface area contributed by atoms with E-state index in [0.29, 0.717) is 34.5 Å². The molecule has 0 bridgehead atoms. The number of phenolic OH excluding ortho intramolecular Hbond substituents is 1. The van der Waals surface area contributed by atoms with Crippen molar-refractivity contribution in [2.75, 3.05) is 0 Å². The molecule has 2 fully saturated rings. The van der Waals surface area contributed by atoms with Crippen LogP contribution in [0.25, 0.3) is 0 Å². The minimum absolute atomic E-state index is 0.348. The zero-order chi connectivity index (χ0) is 18.5. The lowest BCUT2D eigenvalue weighted by molar-refractivity contribution is -0.114. The summed E-state index contributed by atoms with van der Waals surface area (Å²) in [6.45, 7) is 6.13. The Morgan fingerprint density at radius 1 is 1.23 bits per heavy atom. The first-order valence-corrected chi connectivity index (χ1v) is 11.0. The van der Waals surface area contributed by atoms with Gasteiger partial charge in [-0.25, -0.2) is 0 Å². The normalized spacial score (nSPS) is 26.3. The second-order valence-corrected chi connectivity index (χ2v) is 9.98. The molecule has 0 saturated heterocycles. The van der Waals surface area contributed by atoms with Crippen LogP contribution in [0.4, 0.5) is 0 Å². The average Bonchev–Trinajstić information content (AvgIpc) is 3.27. The monoisotopic (exact) mass is 370 g/mol. The van der Waals surface area contributed by atoms with Crippen LogP contribution in [0, 0.1) is 25.2 Å². The van der Waals surface area contributed by atoms with Crippen LogP contribution < -0.4 is 0 Å². The molecular weight excluding hydrogens is 340 g/mol. The van der Waals surface area contributed by atoms with E-state index in [2.05, 4.69) is 6.92 Å². The molecule has 1 N–H and O–H groups in total. The SMILES string of the molecule is CCC1SC(C(=O)CCc2cc(C)c(O)c(C)c2)=C2CCC3(CC3)CC21. The highest BCUT2D eigenvalue weighted by Gasteiger charge is 2.51. The predicted molar refractivity (Wildman–Crippen MR) is 109 cm³/mol. The number of allylic oxidation sites excluding steroid dienone is 2. The van der Waals surface area contributed by atoms with Crippen molar-refractivity contribution < 1.29 is 9.90 Å². The van der Waals surface area contributed by atoms with Gasteiger partial charge in [0.2, 0.25) is 0 Å². The number of hydrogen-bond acceptors (Lipinski definition) is 3. The van der Waals surface area contributed by atoms with Crippen LogP contribution in [-0.2, 0) is 11.2 Å². The van der Waals surface area contributed by atoms with Gasteiger partial charge in [-0.15, -0.1) is 11.8 Å². The van der Waals surface area contributed by atoms with E-state index in [0.717, 1.165) is 34.4 Å². The van der Waals surface area contributed by atoms with Gasteiger partial charge in [0.25, 0.3) is 0 Å². The number of phenols is 1. The second kappa shape index (κ2) is 6.74. The van der Waals surface area contributed by atoms with Crippen LogP contribution in [0.2, 0.25) is 0 Å². The Morgan fingerprint density at radius 2 is 1.92 bits per heavy atom. The molecule has 26 heavy (non-hydrogen) atoms. The van der Waals surface area contributed by atoms with Crippen LogP contribution in [0.1, 0.15) is 68.6 Å². The van der Waals surface area contributed by atoms with E-state index >= 15 is 0 Å². The van der Waals surface area contributed by atoms with E-state index in [1.807, 2.05) is 37.7 Å². The fourth-order valence-electron chi connectivity index (χ4n) is 5.03. The summed E-state index contributed by atoms with van der Waals surface area (Å²) in [5.74, 6) is 1.39. The second-order valence-electron chi connectivity index (χ2n) is 8.73. The first-order valence-electron chi connectivity index (χ1n) is 10.1. The third-order valence-electron chi connectivity index (χ3n) is 6.84. The molecule has 0 aromatic heterocycles. The lowest BCUT2D eigenvalue weighted by atomic mass is 9.73. The number of fused-ring (bicyclic) bond motifs is 1. The summed E-state index contributed by atoms with van der Waals surface area (Å²) in [5, 5.41) is 10.6. The summed E-state index contributed by atoms with van der Waals surface area (Å²) < 4.78 is 0. The maximum Gasteiger partial charge on any atom is 0.169 e. The third kappa shape index (κ3) is 3.24. The van der Waals surface area contributed by atoms with Gasteiger partial charge in [-0.1, -0.05) is 19.1 Å². The first-order chi connectivity index (χ1) is 12.4. The summed E-state index contributed by atoms with van der Waals surface area (Å²) in [7, 11) is 0. The molecule has 3 aliphatic rings. The Balaban J connectivity index is 1.47. The molecule has 4 rings (SSSR count). The smallest absolute Gasteiger partial charge is 0.169 e. The number of ketones is 1. The van der Waals surface area contributed by atoms with Crippen molar-refractivity contribution >= 4 is 17.5 Å². The number of carbonyl (C=O) groups is 1. The van der Waals surface area contributed by atoms with Gasteiger partial charge in [0.05, 0.1) is 4.91 Å². The highest BCUT2D eigenvalue weighted by atomic mass is 32.2. The van der Waals surface area contributed by atoms with Gasteiger partial charge in [0.1, 0.15) is 5.75 Å². The van der Waals surface area contributed by atoms with Gasteiger partial charge in [0.15, 0.2) is 5.78 Å². The topological polar surface area (TPSA) is 37.3 Å². The fraction of sp³-hybridized carbons (Fsp3) is 0.609. The number of carbonyl (C=O) groups excluding carboxylic acids is 1. The largest absolute Gasteiger partial charge is 0.507 e. The van der Waals surface area contributed by atoms with Gasteiger partial charge >= 0.3 is 0 Å². The van der Waals surface area contributed by atoms with Crippen LogP contribution in [0.15, 0.2) is 22.6 Å². The van der Waals surface area contributed by atoms with Gasteiger partial charge in [-0.05, 0) is 92.4 Å². The van der Waals surface area contributed by atoms with Crippen LogP contribution in [-0.4, -0.2) is 16.1 Å². The first kappa shape index (κ1) is 18.2. The number of rotatable bonds is 5. The maximum absolute atomic E-state index is 13.0. The van der Waals surface area contributed by atoms with Crippen molar-refractivity contribution in [3.8, 4) is 5.75 Å². The van der Waals surface area contributed by atoms with E-state index in [9.17, 15) is 9.90 Å². The molecule has 2 saturated carbocycles. The molecule has 1 aromatic carbocycles. The lowest BCUT2D eigenvalue weighted by Crippen LogP contribution is -2.24. The molecule has 1 heterocycles. The minimum Gasteiger partial charge on any atom is -0.507 e. The molecule has 0 amide bonds. The van der Waals surface area contributed by atoms with E-state index in [1.165, 1.54) is 37.7 Å². The molecule has 0 radical (unpaired) electrons. The van der Waals surface area contributed by atoms with E-state index in [1.54, 1.807) is 0 Å². The van der Waals surface area contributed by atoms with Crippen molar-refractivity contribution in [1.82, 2.24) is 0 Å². The summed E-state index contributed by atoms with van der Waals surface area (Å²) >= 11 is 1.89. The molecule has 2 nitrogen and oxygen atoms in total. The highest BCUT2D eigenvalue weighted by Crippen LogP contribution is 2.63. The number of benzene rings is 1. The molecule has 2 atom stereocenters. The van der Waals surface area contributed by atoms with Crippen molar-refractivity contribution in [1.29, 1.82) is 0 Å². The van der Waals surface area contributed by atoms with E-state index < -0.39 is 0 Å². The molecular formula is C23H30O2S. The number of aromatic hydroxyl groups is 1. The maximum atomic E-state index is 13.0. The Morgan fingerprint density at radius 3 is 2.54 bits per heavy atom.